The van der Waals surface area contributed by atoms with Gasteiger partial charge < -0.3 is 9.84 Å². The third-order valence-electron chi connectivity index (χ3n) is 3.32. The maximum absolute atomic E-state index is 9.43. The van der Waals surface area contributed by atoms with Crippen molar-refractivity contribution in [2.45, 2.75) is 18.9 Å². The lowest BCUT2D eigenvalue weighted by atomic mass is 10.1. The van der Waals surface area contributed by atoms with Crippen LogP contribution in [0.5, 0.6) is 5.75 Å². The lowest BCUT2D eigenvalue weighted by molar-refractivity contribution is 0.0881. The van der Waals surface area contributed by atoms with Crippen LogP contribution in [0.3, 0.4) is 0 Å². The number of aliphatic hydroxyl groups excluding tert-OH is 1. The minimum Gasteiger partial charge on any atom is -0.497 e. The molecule has 1 N–H and O–H groups in total. The second-order valence-corrected chi connectivity index (χ2v) is 4.71. The Bertz CT molecular complexity index is 395. The van der Waals surface area contributed by atoms with E-state index in [4.69, 9.17) is 4.74 Å². The normalized spacial score (nSPS) is 18.3. The molecule has 18 heavy (non-hydrogen) atoms. The molecule has 0 saturated carbocycles. The van der Waals surface area contributed by atoms with Gasteiger partial charge in [-0.15, -0.1) is 0 Å². The summed E-state index contributed by atoms with van der Waals surface area (Å²) < 4.78 is 5.19. The Morgan fingerprint density at radius 1 is 1.39 bits per heavy atom. The predicted molar refractivity (Wildman–Crippen MR) is 73.7 cm³/mol. The predicted octanol–water partition coefficient (Wildman–Crippen LogP) is 2.17. The van der Waals surface area contributed by atoms with Gasteiger partial charge >= 0.3 is 0 Å². The number of hydrogen-bond donors (Lipinski definition) is 1. The summed E-state index contributed by atoms with van der Waals surface area (Å²) in [6.07, 6.45) is 5.99. The molecule has 0 unspecified atom stereocenters. The van der Waals surface area contributed by atoms with Crippen LogP contribution in [0.15, 0.2) is 30.3 Å². The zero-order valence-electron chi connectivity index (χ0n) is 10.9. The standard InChI is InChI=1S/C15H21NO2/c1-18-15-6-2-4-13(12-15)5-3-9-16-10-7-14(17)8-11-16/h2-6,12,14,17H,7-11H2,1H3. The van der Waals surface area contributed by atoms with Gasteiger partial charge in [0.25, 0.3) is 0 Å². The third-order valence-corrected chi connectivity index (χ3v) is 3.32. The molecule has 0 aromatic heterocycles. The Morgan fingerprint density at radius 2 is 2.17 bits per heavy atom. The topological polar surface area (TPSA) is 32.7 Å². The second kappa shape index (κ2) is 6.57. The van der Waals surface area contributed by atoms with E-state index in [1.165, 1.54) is 0 Å². The minimum absolute atomic E-state index is 0.0939. The molecule has 98 valence electrons. The monoisotopic (exact) mass is 247 g/mol. The Morgan fingerprint density at radius 3 is 2.89 bits per heavy atom. The summed E-state index contributed by atoms with van der Waals surface area (Å²) in [5.74, 6) is 0.887. The Balaban J connectivity index is 1.83. The van der Waals surface area contributed by atoms with E-state index in [1.807, 2.05) is 18.2 Å². The number of ether oxygens (including phenoxy) is 1. The van der Waals surface area contributed by atoms with Crippen LogP contribution in [0.2, 0.25) is 0 Å². The molecule has 1 saturated heterocycles. The van der Waals surface area contributed by atoms with E-state index in [1.54, 1.807) is 7.11 Å². The van der Waals surface area contributed by atoms with Crippen LogP contribution in [0.25, 0.3) is 6.08 Å². The van der Waals surface area contributed by atoms with Crippen LogP contribution in [0.1, 0.15) is 18.4 Å². The van der Waals surface area contributed by atoms with E-state index < -0.39 is 0 Å². The minimum atomic E-state index is -0.0939. The SMILES string of the molecule is COc1cccc(C=CCN2CCC(O)CC2)c1. The molecule has 0 spiro atoms. The molecule has 1 aliphatic heterocycles. The number of aliphatic hydroxyl groups is 1. The fraction of sp³-hybridized carbons (Fsp3) is 0.467. The highest BCUT2D eigenvalue weighted by Crippen LogP contribution is 2.14. The summed E-state index contributed by atoms with van der Waals surface area (Å²) in [5.41, 5.74) is 1.16. The number of piperidine rings is 1. The van der Waals surface area contributed by atoms with Crippen molar-refractivity contribution in [3.63, 3.8) is 0 Å². The average Bonchev–Trinajstić information content (AvgIpc) is 2.41. The molecule has 1 heterocycles. The highest BCUT2D eigenvalue weighted by Gasteiger charge is 2.15. The first-order chi connectivity index (χ1) is 8.78. The molecule has 2 rings (SSSR count). The number of methoxy groups -OCH3 is 1. The van der Waals surface area contributed by atoms with E-state index in [-0.39, 0.29) is 6.10 Å². The summed E-state index contributed by atoms with van der Waals surface area (Å²) in [6, 6.07) is 8.04. The zero-order valence-corrected chi connectivity index (χ0v) is 10.9. The molecular weight excluding hydrogens is 226 g/mol. The van der Waals surface area contributed by atoms with E-state index in [2.05, 4.69) is 23.1 Å². The molecular formula is C15H21NO2. The van der Waals surface area contributed by atoms with Crippen LogP contribution in [-0.2, 0) is 0 Å². The second-order valence-electron chi connectivity index (χ2n) is 4.71. The molecule has 0 atom stereocenters. The Labute approximate surface area is 109 Å². The Hall–Kier alpha value is -1.32. The first kappa shape index (κ1) is 13.1. The van der Waals surface area contributed by atoms with Gasteiger partial charge in [0.05, 0.1) is 13.2 Å². The summed E-state index contributed by atoms with van der Waals surface area (Å²) >= 11 is 0. The summed E-state index contributed by atoms with van der Waals surface area (Å²) in [6.45, 7) is 2.93. The van der Waals surface area contributed by atoms with Gasteiger partial charge in [-0.1, -0.05) is 24.3 Å². The van der Waals surface area contributed by atoms with Crippen LogP contribution < -0.4 is 4.74 Å². The summed E-state index contributed by atoms with van der Waals surface area (Å²) in [5, 5.41) is 9.43. The van der Waals surface area contributed by atoms with Gasteiger partial charge in [-0.25, -0.2) is 0 Å². The molecule has 0 amide bonds. The van der Waals surface area contributed by atoms with E-state index >= 15 is 0 Å². The van der Waals surface area contributed by atoms with Crippen molar-refractivity contribution in [2.24, 2.45) is 0 Å². The van der Waals surface area contributed by atoms with Crippen LogP contribution in [0.4, 0.5) is 0 Å². The molecule has 3 nitrogen and oxygen atoms in total. The van der Waals surface area contributed by atoms with Gasteiger partial charge in [-0.2, -0.15) is 0 Å². The van der Waals surface area contributed by atoms with Crippen LogP contribution in [0, 0.1) is 0 Å². The maximum atomic E-state index is 9.43. The van der Waals surface area contributed by atoms with Crippen molar-refractivity contribution in [2.75, 3.05) is 26.7 Å². The van der Waals surface area contributed by atoms with Gasteiger partial charge in [-0.05, 0) is 30.5 Å². The van der Waals surface area contributed by atoms with Gasteiger partial charge in [0.15, 0.2) is 0 Å². The lowest BCUT2D eigenvalue weighted by Gasteiger charge is -2.28. The highest BCUT2D eigenvalue weighted by atomic mass is 16.5. The molecule has 0 bridgehead atoms. The fourth-order valence-electron chi connectivity index (χ4n) is 2.18. The van der Waals surface area contributed by atoms with Crippen molar-refractivity contribution in [1.29, 1.82) is 0 Å². The van der Waals surface area contributed by atoms with Crippen molar-refractivity contribution in [3.05, 3.63) is 35.9 Å². The van der Waals surface area contributed by atoms with E-state index in [0.717, 1.165) is 43.8 Å². The average molecular weight is 247 g/mol. The molecule has 1 aromatic carbocycles. The third kappa shape index (κ3) is 3.86. The van der Waals surface area contributed by atoms with Gasteiger partial charge in [0.2, 0.25) is 0 Å². The maximum Gasteiger partial charge on any atom is 0.119 e. The van der Waals surface area contributed by atoms with Gasteiger partial charge in [-0.3, -0.25) is 4.90 Å². The van der Waals surface area contributed by atoms with Crippen molar-refractivity contribution in [1.82, 2.24) is 4.90 Å². The molecule has 1 fully saturated rings. The summed E-state index contributed by atoms with van der Waals surface area (Å²) in [7, 11) is 1.68. The number of benzene rings is 1. The Kier molecular flexibility index (Phi) is 4.79. The molecule has 1 aromatic rings. The summed E-state index contributed by atoms with van der Waals surface area (Å²) in [4.78, 5) is 2.36. The largest absolute Gasteiger partial charge is 0.497 e. The first-order valence-corrected chi connectivity index (χ1v) is 6.49. The zero-order chi connectivity index (χ0) is 12.8. The lowest BCUT2D eigenvalue weighted by Crippen LogP contribution is -2.35. The number of hydrogen-bond acceptors (Lipinski definition) is 3. The quantitative estimate of drug-likeness (QED) is 0.885. The van der Waals surface area contributed by atoms with Crippen molar-refractivity contribution < 1.29 is 9.84 Å². The van der Waals surface area contributed by atoms with E-state index in [9.17, 15) is 5.11 Å². The molecule has 3 heteroatoms. The highest BCUT2D eigenvalue weighted by molar-refractivity contribution is 5.51. The van der Waals surface area contributed by atoms with Gasteiger partial charge in [0.1, 0.15) is 5.75 Å². The fourth-order valence-corrected chi connectivity index (χ4v) is 2.18. The number of likely N-dealkylation sites (tertiary alicyclic amines) is 1. The van der Waals surface area contributed by atoms with Crippen molar-refractivity contribution in [3.8, 4) is 5.75 Å². The van der Waals surface area contributed by atoms with Crippen LogP contribution in [-0.4, -0.2) is 42.9 Å². The van der Waals surface area contributed by atoms with Gasteiger partial charge in [0, 0.05) is 19.6 Å². The molecule has 0 radical (unpaired) electrons. The number of rotatable bonds is 4. The smallest absolute Gasteiger partial charge is 0.119 e. The van der Waals surface area contributed by atoms with Crippen molar-refractivity contribution >= 4 is 6.08 Å². The molecule has 0 aliphatic carbocycles. The van der Waals surface area contributed by atoms with Crippen LogP contribution >= 0.6 is 0 Å². The van der Waals surface area contributed by atoms with E-state index in [0.29, 0.717) is 0 Å². The molecule has 1 aliphatic rings. The number of nitrogens with zero attached hydrogens (tertiary/aromatic N) is 1. The first-order valence-electron chi connectivity index (χ1n) is 6.49.